The summed E-state index contributed by atoms with van der Waals surface area (Å²) in [5.41, 5.74) is 0.249. The van der Waals surface area contributed by atoms with Gasteiger partial charge in [0.05, 0.1) is 20.2 Å². The summed E-state index contributed by atoms with van der Waals surface area (Å²) >= 11 is 0. The fourth-order valence-corrected chi connectivity index (χ4v) is 1.37. The molecule has 0 aliphatic heterocycles. The van der Waals surface area contributed by atoms with Gasteiger partial charge in [0.25, 0.3) is 5.88 Å². The van der Waals surface area contributed by atoms with E-state index in [9.17, 15) is 10.1 Å². The Morgan fingerprint density at radius 3 is 2.69 bits per heavy atom. The van der Waals surface area contributed by atoms with E-state index in [4.69, 9.17) is 9.83 Å². The first-order chi connectivity index (χ1) is 7.50. The maximum absolute atomic E-state index is 10.5. The Kier molecular flexibility index (Phi) is 2.11. The Bertz CT molecular complexity index is 605. The van der Waals surface area contributed by atoms with Crippen LogP contribution in [0.2, 0.25) is 0 Å². The van der Waals surface area contributed by atoms with Crippen molar-refractivity contribution in [3.8, 4) is 5.88 Å². The lowest BCUT2D eigenvalue weighted by molar-refractivity contribution is -0.690. The van der Waals surface area contributed by atoms with E-state index in [1.807, 2.05) is 0 Å². The molecule has 0 saturated carbocycles. The minimum atomic E-state index is -0.603. The van der Waals surface area contributed by atoms with Crippen molar-refractivity contribution < 1.29 is 13.9 Å². The van der Waals surface area contributed by atoms with Crippen molar-refractivity contribution in [2.24, 2.45) is 14.1 Å². The highest BCUT2D eigenvalue weighted by molar-refractivity contribution is 5.26. The second-order valence-electron chi connectivity index (χ2n) is 3.29. The van der Waals surface area contributed by atoms with Gasteiger partial charge in [-0.25, -0.2) is 4.57 Å². The summed E-state index contributed by atoms with van der Waals surface area (Å²) in [6.45, 7) is 0. The number of aromatic nitrogens is 3. The second kappa shape index (κ2) is 3.33. The zero-order chi connectivity index (χ0) is 11.9. The smallest absolute Gasteiger partial charge is 0.371 e. The highest BCUT2D eigenvalue weighted by atomic mass is 16.6. The van der Waals surface area contributed by atoms with Crippen LogP contribution in [0.15, 0.2) is 22.9 Å². The molecule has 0 radical (unpaired) electrons. The van der Waals surface area contributed by atoms with E-state index in [-0.39, 0.29) is 11.5 Å². The Hall–Kier alpha value is -2.38. The summed E-state index contributed by atoms with van der Waals surface area (Å²) in [6.07, 6.45) is 1.60. The molecule has 0 aromatic carbocycles. The van der Waals surface area contributed by atoms with Crippen LogP contribution in [-0.2, 0) is 14.1 Å². The quantitative estimate of drug-likeness (QED) is 0.428. The predicted molar refractivity (Wildman–Crippen MR) is 50.7 cm³/mol. The van der Waals surface area contributed by atoms with Crippen LogP contribution in [-0.4, -0.2) is 14.3 Å². The molecule has 2 aromatic heterocycles. The second-order valence-corrected chi connectivity index (χ2v) is 3.29. The van der Waals surface area contributed by atoms with Gasteiger partial charge in [-0.05, 0) is 0 Å². The number of rotatable bonds is 2. The maximum atomic E-state index is 10.5. The van der Waals surface area contributed by atoms with Crippen molar-refractivity contribution in [1.82, 2.24) is 9.36 Å². The number of hydrogen-bond acceptors (Lipinski definition) is 4. The number of nitrogens with one attached hydrogen (secondary N) is 1. The number of hydrogen-bond donors (Lipinski definition) is 1. The van der Waals surface area contributed by atoms with Gasteiger partial charge in [0, 0.05) is 6.07 Å². The molecule has 2 aromatic rings. The molecule has 1 N–H and O–H groups in total. The van der Waals surface area contributed by atoms with Crippen LogP contribution in [0.3, 0.4) is 0 Å². The fraction of sp³-hybridized carbons (Fsp3) is 0.250. The molecule has 0 aliphatic rings. The molecule has 0 unspecified atom stereocenters. The third kappa shape index (κ3) is 1.40. The molecule has 0 saturated heterocycles. The molecule has 0 atom stereocenters. The van der Waals surface area contributed by atoms with Crippen LogP contribution >= 0.6 is 0 Å². The largest absolute Gasteiger partial charge is 0.435 e. The van der Waals surface area contributed by atoms with E-state index < -0.39 is 4.92 Å². The maximum Gasteiger partial charge on any atom is 0.435 e. The number of nitrogens with zero attached hydrogens (tertiary/aromatic N) is 4. The summed E-state index contributed by atoms with van der Waals surface area (Å²) in [7, 11) is 3.37. The van der Waals surface area contributed by atoms with Gasteiger partial charge in [-0.1, -0.05) is 0 Å². The molecule has 84 valence electrons. The standard InChI is InChI=1S/C8H10N5O3/c1-10-5-12(11(2)8(10)9)6-3-4-7(16-6)13(14)15/h3-5,9H,1-2H3/q+1. The van der Waals surface area contributed by atoms with Crippen LogP contribution in [0.4, 0.5) is 5.88 Å². The molecular weight excluding hydrogens is 214 g/mol. The third-order valence-corrected chi connectivity index (χ3v) is 2.23. The van der Waals surface area contributed by atoms with Crippen LogP contribution in [0, 0.1) is 15.5 Å². The Labute approximate surface area is 89.6 Å². The van der Waals surface area contributed by atoms with Gasteiger partial charge in [-0.15, -0.1) is 9.36 Å². The van der Waals surface area contributed by atoms with Gasteiger partial charge in [-0.3, -0.25) is 10.1 Å². The molecule has 8 heteroatoms. The van der Waals surface area contributed by atoms with Gasteiger partial charge in [0.15, 0.2) is 6.33 Å². The topological polar surface area (TPSA) is 93.9 Å². The average molecular weight is 224 g/mol. The highest BCUT2D eigenvalue weighted by Crippen LogP contribution is 2.17. The van der Waals surface area contributed by atoms with Gasteiger partial charge in [0.1, 0.15) is 4.92 Å². The lowest BCUT2D eigenvalue weighted by atomic mass is 10.6. The summed E-state index contributed by atoms with van der Waals surface area (Å²) < 4.78 is 9.60. The summed E-state index contributed by atoms with van der Waals surface area (Å²) in [4.78, 5) is 9.85. The predicted octanol–water partition coefficient (Wildman–Crippen LogP) is -0.379. The fourth-order valence-electron chi connectivity index (χ4n) is 1.37. The van der Waals surface area contributed by atoms with E-state index in [0.717, 1.165) is 0 Å². The molecule has 0 amide bonds. The average Bonchev–Trinajstić information content (AvgIpc) is 2.79. The normalized spacial score (nSPS) is 10.6. The number of aryl methyl sites for hydroxylation is 1. The number of nitro groups is 1. The SMILES string of the molecule is Cn1c(=N)[n+](C)cn1-c1ccc([N+](=O)[O-])o1. The van der Waals surface area contributed by atoms with Crippen molar-refractivity contribution in [2.45, 2.75) is 0 Å². The number of furan rings is 1. The Balaban J connectivity index is 2.55. The molecule has 0 spiro atoms. The van der Waals surface area contributed by atoms with Crippen LogP contribution in [0.1, 0.15) is 0 Å². The zero-order valence-electron chi connectivity index (χ0n) is 8.75. The molecule has 0 fully saturated rings. The molecule has 0 bridgehead atoms. The van der Waals surface area contributed by atoms with Crippen molar-refractivity contribution in [1.29, 1.82) is 5.41 Å². The summed E-state index contributed by atoms with van der Waals surface area (Å²) in [6, 6.07) is 2.76. The monoisotopic (exact) mass is 224 g/mol. The van der Waals surface area contributed by atoms with Crippen LogP contribution < -0.4 is 10.2 Å². The van der Waals surface area contributed by atoms with Crippen LogP contribution in [0.5, 0.6) is 0 Å². The lowest BCUT2D eigenvalue weighted by Gasteiger charge is -1.92. The van der Waals surface area contributed by atoms with Crippen molar-refractivity contribution in [2.75, 3.05) is 0 Å². The third-order valence-electron chi connectivity index (χ3n) is 2.23. The summed E-state index contributed by atoms with van der Waals surface area (Å²) in [5.74, 6) is -0.0267. The minimum absolute atomic E-state index is 0.249. The van der Waals surface area contributed by atoms with Crippen molar-refractivity contribution >= 4 is 5.88 Å². The molecule has 2 heterocycles. The first-order valence-electron chi connectivity index (χ1n) is 4.44. The van der Waals surface area contributed by atoms with Crippen molar-refractivity contribution in [3.63, 3.8) is 0 Å². The van der Waals surface area contributed by atoms with E-state index in [1.165, 1.54) is 21.5 Å². The van der Waals surface area contributed by atoms with Gasteiger partial charge < -0.3 is 4.42 Å². The van der Waals surface area contributed by atoms with Crippen molar-refractivity contribution in [3.05, 3.63) is 34.2 Å². The molecule has 16 heavy (non-hydrogen) atoms. The van der Waals surface area contributed by atoms with E-state index in [1.54, 1.807) is 25.0 Å². The summed E-state index contributed by atoms with van der Waals surface area (Å²) in [5, 5.41) is 18.1. The van der Waals surface area contributed by atoms with E-state index >= 15 is 0 Å². The van der Waals surface area contributed by atoms with E-state index in [2.05, 4.69) is 0 Å². The van der Waals surface area contributed by atoms with Gasteiger partial charge in [0.2, 0.25) is 0 Å². The Morgan fingerprint density at radius 1 is 1.56 bits per heavy atom. The molecule has 2 rings (SSSR count). The Morgan fingerprint density at radius 2 is 2.25 bits per heavy atom. The van der Waals surface area contributed by atoms with Crippen LogP contribution in [0.25, 0.3) is 5.88 Å². The van der Waals surface area contributed by atoms with E-state index in [0.29, 0.717) is 5.88 Å². The zero-order valence-corrected chi connectivity index (χ0v) is 8.75. The molecule has 8 nitrogen and oxygen atoms in total. The molecule has 0 aliphatic carbocycles. The lowest BCUT2D eigenvalue weighted by Crippen LogP contribution is -2.45. The van der Waals surface area contributed by atoms with Gasteiger partial charge >= 0.3 is 11.5 Å². The molecular formula is C8H10N5O3+. The highest BCUT2D eigenvalue weighted by Gasteiger charge is 2.18. The van der Waals surface area contributed by atoms with Gasteiger partial charge in [-0.2, -0.15) is 5.41 Å². The first-order valence-corrected chi connectivity index (χ1v) is 4.44. The minimum Gasteiger partial charge on any atom is -0.371 e. The first kappa shape index (κ1) is 10.1.